The van der Waals surface area contributed by atoms with E-state index in [1.807, 2.05) is 20.8 Å². The predicted molar refractivity (Wildman–Crippen MR) is 75.6 cm³/mol. The number of amides is 1. The monoisotopic (exact) mass is 314 g/mol. The number of nitrogens with zero attached hydrogens (tertiary/aromatic N) is 2. The Balaban J connectivity index is 2.03. The van der Waals surface area contributed by atoms with Gasteiger partial charge < -0.3 is 19.5 Å². The lowest BCUT2D eigenvalue weighted by atomic mass is 10.2. The van der Waals surface area contributed by atoms with Crippen molar-refractivity contribution in [1.82, 2.24) is 9.88 Å². The van der Waals surface area contributed by atoms with Gasteiger partial charge in [-0.3, -0.25) is 0 Å². The van der Waals surface area contributed by atoms with Crippen molar-refractivity contribution in [3.63, 3.8) is 0 Å². The van der Waals surface area contributed by atoms with E-state index in [1.54, 1.807) is 4.90 Å². The highest BCUT2D eigenvalue weighted by molar-refractivity contribution is 7.09. The summed E-state index contributed by atoms with van der Waals surface area (Å²) in [6, 6.07) is 0. The molecule has 1 aliphatic rings. The molecule has 1 aromatic rings. The Bertz CT molecular complexity index is 537. The average molecular weight is 314 g/mol. The second-order valence-electron chi connectivity index (χ2n) is 5.66. The van der Waals surface area contributed by atoms with Crippen molar-refractivity contribution in [2.24, 2.45) is 0 Å². The van der Waals surface area contributed by atoms with Crippen LogP contribution in [0.3, 0.4) is 0 Å². The molecule has 1 N–H and O–H groups in total. The summed E-state index contributed by atoms with van der Waals surface area (Å²) in [5.74, 6) is -1.07. The van der Waals surface area contributed by atoms with Gasteiger partial charge in [-0.1, -0.05) is 0 Å². The molecule has 1 unspecified atom stereocenters. The molecule has 0 aromatic carbocycles. The van der Waals surface area contributed by atoms with E-state index in [0.29, 0.717) is 24.7 Å². The Morgan fingerprint density at radius 2 is 2.24 bits per heavy atom. The fourth-order valence-corrected chi connectivity index (χ4v) is 2.66. The molecule has 116 valence electrons. The summed E-state index contributed by atoms with van der Waals surface area (Å²) in [6.07, 6.45) is -0.810. The third-order valence-electron chi connectivity index (χ3n) is 2.73. The van der Waals surface area contributed by atoms with Gasteiger partial charge in [0.15, 0.2) is 5.69 Å². The number of rotatable bonds is 2. The van der Waals surface area contributed by atoms with Crippen molar-refractivity contribution >= 4 is 23.4 Å². The van der Waals surface area contributed by atoms with E-state index in [0.717, 1.165) is 0 Å². The number of ether oxygens (including phenoxy) is 2. The largest absolute Gasteiger partial charge is 0.476 e. The van der Waals surface area contributed by atoms with Crippen molar-refractivity contribution in [3.8, 4) is 0 Å². The van der Waals surface area contributed by atoms with Gasteiger partial charge in [-0.15, -0.1) is 11.3 Å². The SMILES string of the molecule is CC(C)(C)OC(=O)N1CCOC(c2nc(C(=O)O)cs2)C1. The second kappa shape index (κ2) is 5.98. The minimum Gasteiger partial charge on any atom is -0.476 e. The van der Waals surface area contributed by atoms with Crippen LogP contribution in [0.4, 0.5) is 4.79 Å². The van der Waals surface area contributed by atoms with Crippen molar-refractivity contribution in [1.29, 1.82) is 0 Å². The number of hydrogen-bond acceptors (Lipinski definition) is 6. The molecule has 2 rings (SSSR count). The van der Waals surface area contributed by atoms with Crippen molar-refractivity contribution in [2.45, 2.75) is 32.5 Å². The molecule has 1 aromatic heterocycles. The maximum absolute atomic E-state index is 12.0. The lowest BCUT2D eigenvalue weighted by Gasteiger charge is -2.33. The number of aromatic nitrogens is 1. The molecule has 1 atom stereocenters. The third kappa shape index (κ3) is 4.15. The number of carboxylic acid groups (broad SMARTS) is 1. The fraction of sp³-hybridized carbons (Fsp3) is 0.615. The summed E-state index contributed by atoms with van der Waals surface area (Å²) in [5.41, 5.74) is -0.560. The molecule has 8 heteroatoms. The van der Waals surface area contributed by atoms with E-state index in [1.165, 1.54) is 16.7 Å². The van der Waals surface area contributed by atoms with Crippen LogP contribution in [0.15, 0.2) is 5.38 Å². The molecule has 7 nitrogen and oxygen atoms in total. The van der Waals surface area contributed by atoms with E-state index in [9.17, 15) is 9.59 Å². The van der Waals surface area contributed by atoms with Gasteiger partial charge >= 0.3 is 12.1 Å². The Hall–Kier alpha value is -1.67. The number of carbonyl (C=O) groups excluding carboxylic acids is 1. The molecule has 1 fully saturated rings. The average Bonchev–Trinajstić information content (AvgIpc) is 2.86. The van der Waals surface area contributed by atoms with Gasteiger partial charge in [0.1, 0.15) is 16.7 Å². The molecule has 21 heavy (non-hydrogen) atoms. The predicted octanol–water partition coefficient (Wildman–Crippen LogP) is 2.15. The van der Waals surface area contributed by atoms with E-state index in [2.05, 4.69) is 4.98 Å². The van der Waals surface area contributed by atoms with Crippen LogP contribution >= 0.6 is 11.3 Å². The summed E-state index contributed by atoms with van der Waals surface area (Å²) < 4.78 is 10.9. The van der Waals surface area contributed by atoms with Crippen molar-refractivity contribution in [2.75, 3.05) is 19.7 Å². The van der Waals surface area contributed by atoms with Crippen LogP contribution in [-0.2, 0) is 9.47 Å². The maximum Gasteiger partial charge on any atom is 0.410 e. The van der Waals surface area contributed by atoms with Crippen LogP contribution in [0.5, 0.6) is 0 Å². The van der Waals surface area contributed by atoms with E-state index in [-0.39, 0.29) is 5.69 Å². The van der Waals surface area contributed by atoms with E-state index in [4.69, 9.17) is 14.6 Å². The van der Waals surface area contributed by atoms with Crippen molar-refractivity contribution in [3.05, 3.63) is 16.1 Å². The Labute approximate surface area is 126 Å². The molecule has 1 saturated heterocycles. The quantitative estimate of drug-likeness (QED) is 0.899. The van der Waals surface area contributed by atoms with Gasteiger partial charge in [0.25, 0.3) is 0 Å². The maximum atomic E-state index is 12.0. The third-order valence-corrected chi connectivity index (χ3v) is 3.67. The number of morpholine rings is 1. The molecule has 0 aliphatic carbocycles. The molecular formula is C13H18N2O5S. The number of carbonyl (C=O) groups is 2. The minimum atomic E-state index is -1.07. The molecule has 1 aliphatic heterocycles. The Kier molecular flexibility index (Phi) is 4.48. The van der Waals surface area contributed by atoms with Crippen LogP contribution < -0.4 is 0 Å². The molecule has 0 radical (unpaired) electrons. The highest BCUT2D eigenvalue weighted by atomic mass is 32.1. The first kappa shape index (κ1) is 15.7. The van der Waals surface area contributed by atoms with Gasteiger partial charge in [-0.2, -0.15) is 0 Å². The van der Waals surface area contributed by atoms with Crippen LogP contribution in [0.2, 0.25) is 0 Å². The standard InChI is InChI=1S/C13H18N2O5S/c1-13(2,3)20-12(18)15-4-5-19-9(6-15)10-14-8(7-21-10)11(16)17/h7,9H,4-6H2,1-3H3,(H,16,17). The topological polar surface area (TPSA) is 89.0 Å². The summed E-state index contributed by atoms with van der Waals surface area (Å²) in [5, 5.41) is 10.9. The lowest BCUT2D eigenvalue weighted by Crippen LogP contribution is -2.44. The fourth-order valence-electron chi connectivity index (χ4n) is 1.82. The van der Waals surface area contributed by atoms with Gasteiger partial charge in [-0.05, 0) is 20.8 Å². The zero-order valence-corrected chi connectivity index (χ0v) is 13.0. The zero-order valence-electron chi connectivity index (χ0n) is 12.2. The first-order chi connectivity index (χ1) is 9.76. The number of thiazole rings is 1. The number of aromatic carboxylic acids is 1. The van der Waals surface area contributed by atoms with Gasteiger partial charge in [0.2, 0.25) is 0 Å². The first-order valence-corrected chi connectivity index (χ1v) is 7.42. The first-order valence-electron chi connectivity index (χ1n) is 6.54. The van der Waals surface area contributed by atoms with Crippen molar-refractivity contribution < 1.29 is 24.2 Å². The van der Waals surface area contributed by atoms with Gasteiger partial charge in [0.05, 0.1) is 13.2 Å². The molecule has 1 amide bonds. The highest BCUT2D eigenvalue weighted by Gasteiger charge is 2.30. The smallest absolute Gasteiger partial charge is 0.410 e. The molecule has 0 spiro atoms. The minimum absolute atomic E-state index is 0.00649. The number of carboxylic acids is 1. The van der Waals surface area contributed by atoms with Crippen LogP contribution in [0.1, 0.15) is 42.4 Å². The summed E-state index contributed by atoms with van der Waals surface area (Å²) >= 11 is 1.22. The number of hydrogen-bond donors (Lipinski definition) is 1. The highest BCUT2D eigenvalue weighted by Crippen LogP contribution is 2.26. The van der Waals surface area contributed by atoms with E-state index < -0.39 is 23.8 Å². The normalized spacial score (nSPS) is 19.4. The molecular weight excluding hydrogens is 296 g/mol. The lowest BCUT2D eigenvalue weighted by molar-refractivity contribution is -0.0433. The molecule has 2 heterocycles. The van der Waals surface area contributed by atoms with Gasteiger partial charge in [-0.25, -0.2) is 14.6 Å². The Morgan fingerprint density at radius 3 is 2.81 bits per heavy atom. The summed E-state index contributed by atoms with van der Waals surface area (Å²) in [7, 11) is 0. The molecule has 0 saturated carbocycles. The van der Waals surface area contributed by atoms with Crippen LogP contribution in [0.25, 0.3) is 0 Å². The second-order valence-corrected chi connectivity index (χ2v) is 6.55. The Morgan fingerprint density at radius 1 is 1.52 bits per heavy atom. The zero-order chi connectivity index (χ0) is 15.6. The molecule has 0 bridgehead atoms. The van der Waals surface area contributed by atoms with Crippen LogP contribution in [0, 0.1) is 0 Å². The van der Waals surface area contributed by atoms with E-state index >= 15 is 0 Å². The van der Waals surface area contributed by atoms with Gasteiger partial charge in [0, 0.05) is 11.9 Å². The van der Waals surface area contributed by atoms with Crippen LogP contribution in [-0.4, -0.2) is 52.4 Å². The summed E-state index contributed by atoms with van der Waals surface area (Å²) in [4.78, 5) is 28.5. The summed E-state index contributed by atoms with van der Waals surface area (Å²) in [6.45, 7) is 6.55.